The van der Waals surface area contributed by atoms with Gasteiger partial charge in [0.25, 0.3) is 0 Å². The zero-order valence-electron chi connectivity index (χ0n) is 17.9. The maximum atomic E-state index is 14.6. The van der Waals surface area contributed by atoms with E-state index in [1.165, 1.54) is 24.4 Å². The van der Waals surface area contributed by atoms with Gasteiger partial charge in [-0.25, -0.2) is 0 Å². The van der Waals surface area contributed by atoms with Crippen molar-refractivity contribution in [1.82, 2.24) is 15.3 Å². The molecule has 2 amide bonds. The van der Waals surface area contributed by atoms with Gasteiger partial charge in [0.1, 0.15) is 0 Å². The van der Waals surface area contributed by atoms with Gasteiger partial charge in [-0.05, 0) is 0 Å². The SMILES string of the molecule is C#CCNC(=O)c1cccc(F)c1Nc1nc([AsH]c2ccc3c(c2)NC(=O)CCC3)ncc1Cl. The molecule has 1 atom stereocenters. The fraction of sp³-hybridized carbons (Fsp3) is 0.167. The first-order valence-electron chi connectivity index (χ1n) is 10.4. The molecule has 2 heterocycles. The standard InChI is InChI=1S/C24H20AsClFN5O2/c1-2-11-28-23(34)16-6-4-7-18(27)21(16)31-22-17(26)13-29-24(32-22)25-15-10-9-14-5-3-8-20(33)30-19(14)12-15/h1,4,6-7,9-10,12-13,25H,3,5,8,11H2,(H,28,34)(H,30,33)(H,29,31,32). The zero-order chi connectivity index (χ0) is 24.1. The van der Waals surface area contributed by atoms with Crippen LogP contribution in [0.5, 0.6) is 0 Å². The van der Waals surface area contributed by atoms with Crippen molar-refractivity contribution in [3.05, 3.63) is 64.6 Å². The number of hydrogen-bond donors (Lipinski definition) is 3. The van der Waals surface area contributed by atoms with Gasteiger partial charge in [0.2, 0.25) is 0 Å². The number of para-hydroxylation sites is 1. The van der Waals surface area contributed by atoms with Gasteiger partial charge in [0.15, 0.2) is 0 Å². The Balaban J connectivity index is 1.59. The average molecular weight is 540 g/mol. The van der Waals surface area contributed by atoms with Crippen molar-refractivity contribution in [1.29, 1.82) is 0 Å². The van der Waals surface area contributed by atoms with E-state index in [0.29, 0.717) is 11.0 Å². The van der Waals surface area contributed by atoms with Gasteiger partial charge in [0, 0.05) is 0 Å². The monoisotopic (exact) mass is 539 g/mol. The van der Waals surface area contributed by atoms with E-state index in [0.717, 1.165) is 28.4 Å². The summed E-state index contributed by atoms with van der Waals surface area (Å²) in [6.45, 7) is 0.0134. The van der Waals surface area contributed by atoms with E-state index in [-0.39, 0.29) is 34.5 Å². The molecule has 0 radical (unpaired) electrons. The zero-order valence-corrected chi connectivity index (χ0v) is 20.8. The molecule has 0 aliphatic carbocycles. The maximum absolute atomic E-state index is 14.6. The van der Waals surface area contributed by atoms with Crippen molar-refractivity contribution in [3.63, 3.8) is 0 Å². The number of nitrogens with zero attached hydrogens (tertiary/aromatic N) is 2. The van der Waals surface area contributed by atoms with Crippen LogP contribution in [0.25, 0.3) is 0 Å². The fourth-order valence-corrected chi connectivity index (χ4v) is 5.58. The molecule has 1 aromatic heterocycles. The van der Waals surface area contributed by atoms with E-state index in [4.69, 9.17) is 18.0 Å². The third-order valence-electron chi connectivity index (χ3n) is 5.09. The molecular formula is C24H20AsClFN5O2. The van der Waals surface area contributed by atoms with Crippen LogP contribution in [0.2, 0.25) is 5.02 Å². The summed E-state index contributed by atoms with van der Waals surface area (Å²) in [6.07, 6.45) is 8.81. The predicted molar refractivity (Wildman–Crippen MR) is 132 cm³/mol. The summed E-state index contributed by atoms with van der Waals surface area (Å²) in [5.74, 6) is 1.35. The van der Waals surface area contributed by atoms with Crippen molar-refractivity contribution in [2.75, 3.05) is 17.2 Å². The molecule has 1 aliphatic rings. The first-order chi connectivity index (χ1) is 16.4. The number of amides is 2. The second-order valence-corrected chi connectivity index (χ2v) is 10.5. The first kappa shape index (κ1) is 23.7. The number of fused-ring (bicyclic) bond motifs is 1. The second kappa shape index (κ2) is 10.7. The van der Waals surface area contributed by atoms with Crippen molar-refractivity contribution >= 4 is 65.3 Å². The molecule has 7 nitrogen and oxygen atoms in total. The molecule has 0 fully saturated rings. The van der Waals surface area contributed by atoms with Crippen LogP contribution < -0.4 is 24.9 Å². The van der Waals surface area contributed by atoms with Crippen molar-refractivity contribution in [3.8, 4) is 12.3 Å². The van der Waals surface area contributed by atoms with Crippen LogP contribution >= 0.6 is 11.6 Å². The minimum absolute atomic E-state index is 0.0112. The van der Waals surface area contributed by atoms with Gasteiger partial charge in [0.05, 0.1) is 0 Å². The quantitative estimate of drug-likeness (QED) is 0.329. The van der Waals surface area contributed by atoms with Crippen LogP contribution in [0.3, 0.4) is 0 Å². The molecule has 10 heteroatoms. The van der Waals surface area contributed by atoms with Gasteiger partial charge in [-0.1, -0.05) is 0 Å². The number of aromatic nitrogens is 2. The van der Waals surface area contributed by atoms with E-state index in [2.05, 4.69) is 31.8 Å². The molecule has 2 aromatic carbocycles. The summed E-state index contributed by atoms with van der Waals surface area (Å²) < 4.78 is 16.2. The Morgan fingerprint density at radius 2 is 2.15 bits per heavy atom. The Labute approximate surface area is 207 Å². The van der Waals surface area contributed by atoms with Crippen LogP contribution in [0, 0.1) is 18.2 Å². The topological polar surface area (TPSA) is 96.0 Å². The van der Waals surface area contributed by atoms with Crippen LogP contribution in [-0.4, -0.2) is 44.1 Å². The number of carbonyl (C=O) groups excluding carboxylic acids is 2. The van der Waals surface area contributed by atoms with E-state index < -0.39 is 27.5 Å². The second-order valence-electron chi connectivity index (χ2n) is 7.46. The fourth-order valence-electron chi connectivity index (χ4n) is 3.47. The number of aryl methyl sites for hydroxylation is 1. The van der Waals surface area contributed by atoms with Crippen molar-refractivity contribution in [2.24, 2.45) is 0 Å². The number of hydrogen-bond acceptors (Lipinski definition) is 5. The molecule has 0 saturated heterocycles. The summed E-state index contributed by atoms with van der Waals surface area (Å²) in [4.78, 5) is 33.2. The Morgan fingerprint density at radius 3 is 2.97 bits per heavy atom. The van der Waals surface area contributed by atoms with Crippen LogP contribution in [0.15, 0.2) is 42.6 Å². The Hall–Kier alpha value is -3.40. The summed E-state index contributed by atoms with van der Waals surface area (Å²) in [5.41, 5.74) is 1.95. The third kappa shape index (κ3) is 5.56. The molecule has 3 aromatic rings. The number of halogens is 2. The Morgan fingerprint density at radius 1 is 1.29 bits per heavy atom. The van der Waals surface area contributed by atoms with E-state index >= 15 is 0 Å². The van der Waals surface area contributed by atoms with Crippen molar-refractivity contribution < 1.29 is 14.0 Å². The third-order valence-corrected chi connectivity index (χ3v) is 7.60. The van der Waals surface area contributed by atoms with Gasteiger partial charge >= 0.3 is 208 Å². The summed E-state index contributed by atoms with van der Waals surface area (Å²) in [7, 11) is 0. The number of carbonyl (C=O) groups is 2. The normalized spacial score (nSPS) is 13.0. The van der Waals surface area contributed by atoms with E-state index in [1.54, 1.807) is 0 Å². The van der Waals surface area contributed by atoms with E-state index in [1.807, 2.05) is 18.2 Å². The molecule has 4 rings (SSSR count). The predicted octanol–water partition coefficient (Wildman–Crippen LogP) is 2.04. The Bertz CT molecular complexity index is 1310. The summed E-state index contributed by atoms with van der Waals surface area (Å²) in [6, 6.07) is 10.1. The number of anilines is 3. The van der Waals surface area contributed by atoms with Gasteiger partial charge < -0.3 is 0 Å². The molecule has 0 saturated carbocycles. The number of rotatable bonds is 6. The van der Waals surface area contributed by atoms with E-state index in [9.17, 15) is 14.0 Å². The van der Waals surface area contributed by atoms with Gasteiger partial charge in [-0.15, -0.1) is 0 Å². The summed E-state index contributed by atoms with van der Waals surface area (Å²) >= 11 is 5.29. The number of terminal acetylenes is 1. The first-order valence-corrected chi connectivity index (χ1v) is 12.9. The number of benzene rings is 2. The molecule has 172 valence electrons. The van der Waals surface area contributed by atoms with Gasteiger partial charge in [-0.3, -0.25) is 0 Å². The van der Waals surface area contributed by atoms with Crippen molar-refractivity contribution in [2.45, 2.75) is 19.3 Å². The summed E-state index contributed by atoms with van der Waals surface area (Å²) in [5, 5.41) is 8.51. The molecular weight excluding hydrogens is 520 g/mol. The minimum atomic E-state index is -0.983. The molecule has 3 N–H and O–H groups in total. The Kier molecular flexibility index (Phi) is 7.46. The van der Waals surface area contributed by atoms with Crippen LogP contribution in [0.1, 0.15) is 28.8 Å². The molecule has 0 bridgehead atoms. The molecule has 0 spiro atoms. The number of nitrogens with one attached hydrogen (secondary N) is 3. The van der Waals surface area contributed by atoms with Crippen LogP contribution in [-0.2, 0) is 11.2 Å². The molecule has 1 unspecified atom stereocenters. The molecule has 1 aliphatic heterocycles. The average Bonchev–Trinajstić information content (AvgIpc) is 3.00. The van der Waals surface area contributed by atoms with Gasteiger partial charge in [-0.2, -0.15) is 0 Å². The van der Waals surface area contributed by atoms with Crippen LogP contribution in [0.4, 0.5) is 21.6 Å². The molecule has 34 heavy (non-hydrogen) atoms.